The fourth-order valence-electron chi connectivity index (χ4n) is 6.07. The standard InChI is InChI=1S/C34H34N4O4.C4H9NO4/c1-7-21-17(3)25-13-26-19(5)23(9-11-33(39)40)31(37-26)16-32-24(10-12-34(41)42)20(6)28(38-32)15-30-22(8-2)18(4)27(36-30)14-29(21)35-25;6-1-4(9)5(2-7)3-8/h7-8,13-16,35-36H,1-2,9-12H2,3-6H3,(H,39,40)(H,41,42);6-8H,1-3H2. The van der Waals surface area contributed by atoms with Gasteiger partial charge in [0.15, 0.2) is 0 Å². The second kappa shape index (κ2) is 16.4. The number of nitrogens with zero attached hydrogens (tertiary/aromatic N) is 3. The van der Waals surface area contributed by atoms with Gasteiger partial charge in [0, 0.05) is 46.0 Å². The zero-order valence-corrected chi connectivity index (χ0v) is 29.1. The number of amides is 1. The largest absolute Gasteiger partial charge is 0.481 e. The lowest BCUT2D eigenvalue weighted by Gasteiger charge is -2.13. The average molecular weight is 698 g/mol. The maximum atomic E-state index is 11.5. The van der Waals surface area contributed by atoms with E-state index in [2.05, 4.69) is 29.2 Å². The molecule has 2 aliphatic heterocycles. The molecule has 7 N–H and O–H groups in total. The molecule has 0 aromatic carbocycles. The van der Waals surface area contributed by atoms with Crippen LogP contribution in [0.3, 0.4) is 0 Å². The van der Waals surface area contributed by atoms with Gasteiger partial charge in [-0.25, -0.2) is 9.97 Å². The van der Waals surface area contributed by atoms with Gasteiger partial charge in [-0.15, -0.1) is 0 Å². The van der Waals surface area contributed by atoms with E-state index >= 15 is 0 Å². The van der Waals surface area contributed by atoms with Crippen molar-refractivity contribution in [1.29, 1.82) is 0 Å². The molecule has 8 bridgehead atoms. The maximum absolute atomic E-state index is 11.5. The summed E-state index contributed by atoms with van der Waals surface area (Å²) in [4.78, 5) is 51.0. The van der Waals surface area contributed by atoms with Gasteiger partial charge >= 0.3 is 11.9 Å². The number of carbonyl (C=O) groups is 3. The molecular weight excluding hydrogens is 654 g/mol. The van der Waals surface area contributed by atoms with Gasteiger partial charge < -0.3 is 35.5 Å². The molecule has 13 heteroatoms. The first-order chi connectivity index (χ1) is 24.3. The van der Waals surface area contributed by atoms with Crippen LogP contribution in [0.4, 0.5) is 0 Å². The van der Waals surface area contributed by atoms with E-state index in [1.165, 1.54) is 0 Å². The first-order valence-electron chi connectivity index (χ1n) is 16.2. The van der Waals surface area contributed by atoms with Gasteiger partial charge in [-0.1, -0.05) is 25.3 Å². The molecule has 2 aliphatic rings. The number of nitrogens with one attached hydrogen (secondary N) is 2. The molecule has 0 spiro atoms. The summed E-state index contributed by atoms with van der Waals surface area (Å²) in [5, 5.41) is 43.6. The van der Waals surface area contributed by atoms with Gasteiger partial charge in [-0.3, -0.25) is 19.3 Å². The van der Waals surface area contributed by atoms with Gasteiger partial charge in [-0.05, 0) is 98.2 Å². The van der Waals surface area contributed by atoms with Crippen LogP contribution in [0.25, 0.3) is 56.5 Å². The third-order valence-corrected chi connectivity index (χ3v) is 9.05. The number of aliphatic hydroxyl groups is 3. The van der Waals surface area contributed by atoms with Crippen LogP contribution in [0, 0.1) is 13.8 Å². The zero-order chi connectivity index (χ0) is 37.6. The van der Waals surface area contributed by atoms with Crippen LogP contribution in [0.2, 0.25) is 0 Å². The van der Waals surface area contributed by atoms with Crippen molar-refractivity contribution in [3.8, 4) is 0 Å². The zero-order valence-electron chi connectivity index (χ0n) is 29.1. The molecule has 51 heavy (non-hydrogen) atoms. The third-order valence-electron chi connectivity index (χ3n) is 9.05. The number of carboxylic acid groups (broad SMARTS) is 2. The van der Waals surface area contributed by atoms with E-state index in [4.69, 9.17) is 25.3 Å². The van der Waals surface area contributed by atoms with Crippen LogP contribution in [-0.4, -0.2) is 88.3 Å². The van der Waals surface area contributed by atoms with Crippen molar-refractivity contribution in [2.75, 3.05) is 20.1 Å². The summed E-state index contributed by atoms with van der Waals surface area (Å²) >= 11 is 0. The highest BCUT2D eigenvalue weighted by Gasteiger charge is 2.22. The van der Waals surface area contributed by atoms with Gasteiger partial charge in [0.05, 0.1) is 22.8 Å². The quantitative estimate of drug-likeness (QED) is 0.125. The lowest BCUT2D eigenvalue weighted by Crippen LogP contribution is -2.34. The molecule has 3 aromatic heterocycles. The summed E-state index contributed by atoms with van der Waals surface area (Å²) in [6.07, 6.45) is 4.20. The predicted octanol–water partition coefficient (Wildman–Crippen LogP) is 5.52. The number of aromatic nitrogens is 4. The summed E-state index contributed by atoms with van der Waals surface area (Å²) < 4.78 is 0. The molecule has 0 saturated heterocycles. The minimum atomic E-state index is -0.889. The molecule has 0 unspecified atom stereocenters. The monoisotopic (exact) mass is 697 g/mol. The van der Waals surface area contributed by atoms with Crippen LogP contribution >= 0.6 is 0 Å². The Morgan fingerprint density at radius 1 is 0.667 bits per heavy atom. The molecule has 0 fully saturated rings. The van der Waals surface area contributed by atoms with E-state index in [9.17, 15) is 24.6 Å². The number of allylic oxidation sites excluding steroid dienone is 4. The normalized spacial score (nSPS) is 12.4. The van der Waals surface area contributed by atoms with Crippen molar-refractivity contribution in [3.63, 3.8) is 0 Å². The highest BCUT2D eigenvalue weighted by atomic mass is 16.4. The van der Waals surface area contributed by atoms with E-state index in [1.807, 2.05) is 58.0 Å². The lowest BCUT2D eigenvalue weighted by atomic mass is 9.98. The van der Waals surface area contributed by atoms with Gasteiger partial charge in [0.2, 0.25) is 0 Å². The number of fused-ring (bicyclic) bond motifs is 8. The van der Waals surface area contributed by atoms with Crippen molar-refractivity contribution in [2.45, 2.75) is 53.4 Å². The topological polar surface area (TPSA) is 213 Å². The van der Waals surface area contributed by atoms with E-state index in [0.29, 0.717) is 29.1 Å². The Hall–Kier alpha value is -5.63. The van der Waals surface area contributed by atoms with E-state index in [1.54, 1.807) is 0 Å². The van der Waals surface area contributed by atoms with Crippen molar-refractivity contribution < 1.29 is 39.9 Å². The Morgan fingerprint density at radius 2 is 1.08 bits per heavy atom. The number of hydrogen-bond donors (Lipinski definition) is 7. The number of H-pyrrole nitrogens is 2. The van der Waals surface area contributed by atoms with E-state index in [-0.39, 0.29) is 12.8 Å². The highest BCUT2D eigenvalue weighted by molar-refractivity contribution is 5.97. The number of carboxylic acids is 2. The van der Waals surface area contributed by atoms with Gasteiger partial charge in [0.25, 0.3) is 5.91 Å². The van der Waals surface area contributed by atoms with Crippen molar-refractivity contribution in [3.05, 3.63) is 82.5 Å². The molecule has 0 radical (unpaired) electrons. The molecule has 0 atom stereocenters. The lowest BCUT2D eigenvalue weighted by molar-refractivity contribution is -0.142. The molecule has 13 nitrogen and oxygen atoms in total. The summed E-state index contributed by atoms with van der Waals surface area (Å²) in [7, 11) is 0. The summed E-state index contributed by atoms with van der Waals surface area (Å²) in [6, 6.07) is 7.88. The third kappa shape index (κ3) is 8.23. The first kappa shape index (κ1) is 38.2. The highest BCUT2D eigenvalue weighted by Crippen LogP contribution is 2.38. The van der Waals surface area contributed by atoms with Gasteiger partial charge in [0.1, 0.15) is 20.1 Å². The minimum absolute atomic E-state index is 0.0367. The Labute approximate surface area is 294 Å². The molecule has 1 amide bonds. The molecule has 5 rings (SSSR count). The van der Waals surface area contributed by atoms with Crippen LogP contribution in [0.1, 0.15) is 84.6 Å². The number of aromatic amines is 2. The predicted molar refractivity (Wildman–Crippen MR) is 197 cm³/mol. The fourth-order valence-corrected chi connectivity index (χ4v) is 6.07. The number of hydrogen-bond acceptors (Lipinski definition) is 8. The molecular formula is C38H43N5O8. The van der Waals surface area contributed by atoms with Crippen molar-refractivity contribution in [2.24, 2.45) is 0 Å². The Morgan fingerprint density at radius 3 is 1.45 bits per heavy atom. The first-order valence-corrected chi connectivity index (χ1v) is 16.2. The maximum Gasteiger partial charge on any atom is 0.303 e. The fraction of sp³-hybridized carbons (Fsp3) is 0.289. The van der Waals surface area contributed by atoms with E-state index in [0.717, 1.165) is 78.0 Å². The Kier molecular flexibility index (Phi) is 12.3. The summed E-state index contributed by atoms with van der Waals surface area (Å²) in [6.45, 7) is 14.2. The second-order valence-electron chi connectivity index (χ2n) is 12.1. The van der Waals surface area contributed by atoms with Gasteiger partial charge in [-0.2, -0.15) is 0 Å². The number of aryl methyl sites for hydroxylation is 2. The smallest absolute Gasteiger partial charge is 0.303 e. The Balaban J connectivity index is 0.000000573. The average Bonchev–Trinajstić information content (AvgIpc) is 3.76. The molecule has 0 saturated carbocycles. The number of rotatable bonds is 11. The molecule has 0 aliphatic carbocycles. The molecule has 3 aromatic rings. The summed E-state index contributed by atoms with van der Waals surface area (Å²) in [5.74, 6) is -2.47. The van der Waals surface area contributed by atoms with Crippen molar-refractivity contribution in [1.82, 2.24) is 24.8 Å². The molecule has 5 heterocycles. The van der Waals surface area contributed by atoms with Crippen LogP contribution < -0.4 is 0 Å². The number of carbonyl (C=O) groups excluding carboxylic acids is 1. The van der Waals surface area contributed by atoms with Crippen LogP contribution in [0.5, 0.6) is 0 Å². The number of aliphatic carboxylic acids is 2. The SMILES string of the molecule is C=Cc1c(C)c2cc3[nH]c(cc4nc(cc5nc(cc1[nH]2)C(C)=C5CCC(=O)O)C(CCC(=O)O)=C4C)c(C)c3C=C.O=C(CO)N(CO)CO. The number of aliphatic hydroxyl groups excluding tert-OH is 3. The van der Waals surface area contributed by atoms with E-state index < -0.39 is 37.9 Å². The Bertz CT molecular complexity index is 2130. The minimum Gasteiger partial charge on any atom is -0.481 e. The van der Waals surface area contributed by atoms with Crippen LogP contribution in [0.15, 0.2) is 37.4 Å². The molecule has 268 valence electrons. The van der Waals surface area contributed by atoms with Crippen LogP contribution in [-0.2, 0) is 14.4 Å². The second-order valence-corrected chi connectivity index (χ2v) is 12.1. The van der Waals surface area contributed by atoms with Crippen molar-refractivity contribution >= 4 is 74.4 Å². The summed E-state index contributed by atoms with van der Waals surface area (Å²) in [5.41, 5.74) is 13.7.